The van der Waals surface area contributed by atoms with Gasteiger partial charge < -0.3 is 15.5 Å². The fourth-order valence-corrected chi connectivity index (χ4v) is 1.69. The number of hydrogen-bond acceptors (Lipinski definition) is 5. The maximum atomic E-state index is 11.4. The van der Waals surface area contributed by atoms with Gasteiger partial charge in [-0.2, -0.15) is 0 Å². The highest BCUT2D eigenvalue weighted by Crippen LogP contribution is 2.22. The predicted molar refractivity (Wildman–Crippen MR) is 73.0 cm³/mol. The van der Waals surface area contributed by atoms with Gasteiger partial charge in [0.25, 0.3) is 0 Å². The summed E-state index contributed by atoms with van der Waals surface area (Å²) in [6.45, 7) is 4.23. The van der Waals surface area contributed by atoms with Crippen LogP contribution in [0.4, 0.5) is 11.6 Å². The third-order valence-corrected chi connectivity index (χ3v) is 2.74. The lowest BCUT2D eigenvalue weighted by molar-refractivity contribution is -0.119. The number of rotatable bonds is 5. The highest BCUT2D eigenvalue weighted by atomic mass is 16.1. The summed E-state index contributed by atoms with van der Waals surface area (Å²) in [6.07, 6.45) is 0.760. The zero-order valence-corrected chi connectivity index (χ0v) is 11.7. The maximum absolute atomic E-state index is 11.4. The summed E-state index contributed by atoms with van der Waals surface area (Å²) in [5.74, 6) is 2.32. The molecule has 0 saturated carbocycles. The van der Waals surface area contributed by atoms with Crippen molar-refractivity contribution >= 4 is 17.5 Å². The predicted octanol–water partition coefficient (Wildman–Crippen LogP) is 0.571. The quantitative estimate of drug-likeness (QED) is 0.800. The van der Waals surface area contributed by atoms with Gasteiger partial charge in [-0.3, -0.25) is 4.79 Å². The zero-order chi connectivity index (χ0) is 13.7. The molecule has 6 nitrogen and oxygen atoms in total. The lowest BCUT2D eigenvalue weighted by atomic mass is 10.2. The van der Waals surface area contributed by atoms with Crippen LogP contribution in [-0.4, -0.2) is 43.6 Å². The molecule has 0 aromatic carbocycles. The number of carbonyl (C=O) groups is 1. The molecule has 1 aromatic heterocycles. The average molecular weight is 251 g/mol. The molecule has 2 N–H and O–H groups in total. The molecule has 100 valence electrons. The van der Waals surface area contributed by atoms with E-state index in [9.17, 15) is 4.79 Å². The summed E-state index contributed by atoms with van der Waals surface area (Å²) >= 11 is 0. The number of carbonyl (C=O) groups excluding carboxylic acids is 1. The summed E-state index contributed by atoms with van der Waals surface area (Å²) in [4.78, 5) is 22.1. The molecule has 0 radical (unpaired) electrons. The Bertz CT molecular complexity index is 433. The second-order valence-electron chi connectivity index (χ2n) is 4.07. The third kappa shape index (κ3) is 3.09. The van der Waals surface area contributed by atoms with Crippen molar-refractivity contribution in [1.29, 1.82) is 0 Å². The van der Waals surface area contributed by atoms with Gasteiger partial charge in [-0.25, -0.2) is 9.97 Å². The van der Waals surface area contributed by atoms with Crippen molar-refractivity contribution in [1.82, 2.24) is 15.3 Å². The van der Waals surface area contributed by atoms with Crippen molar-refractivity contribution in [2.45, 2.75) is 20.3 Å². The normalized spacial score (nSPS) is 10.1. The Morgan fingerprint density at radius 2 is 2.00 bits per heavy atom. The first-order chi connectivity index (χ1) is 8.53. The minimum absolute atomic E-state index is 0.0421. The van der Waals surface area contributed by atoms with E-state index in [4.69, 9.17) is 0 Å². The molecule has 18 heavy (non-hydrogen) atoms. The Morgan fingerprint density at radius 3 is 2.50 bits per heavy atom. The second-order valence-corrected chi connectivity index (χ2v) is 4.07. The van der Waals surface area contributed by atoms with Crippen LogP contribution in [0.2, 0.25) is 0 Å². The lowest BCUT2D eigenvalue weighted by Crippen LogP contribution is -2.34. The molecular weight excluding hydrogens is 230 g/mol. The van der Waals surface area contributed by atoms with Crippen LogP contribution in [-0.2, 0) is 11.2 Å². The maximum Gasteiger partial charge on any atom is 0.239 e. The van der Waals surface area contributed by atoms with Crippen molar-refractivity contribution in [3.05, 3.63) is 11.4 Å². The van der Waals surface area contributed by atoms with Crippen molar-refractivity contribution in [3.8, 4) is 0 Å². The number of anilines is 2. The highest BCUT2D eigenvalue weighted by molar-refractivity contribution is 5.81. The van der Waals surface area contributed by atoms with E-state index < -0.39 is 0 Å². The molecule has 0 aliphatic heterocycles. The largest absolute Gasteiger partial charge is 0.373 e. The van der Waals surface area contributed by atoms with Crippen molar-refractivity contribution < 1.29 is 4.79 Å². The number of nitrogens with one attached hydrogen (secondary N) is 2. The molecule has 0 saturated heterocycles. The first-order valence-corrected chi connectivity index (χ1v) is 6.00. The van der Waals surface area contributed by atoms with Gasteiger partial charge in [0, 0.05) is 33.1 Å². The van der Waals surface area contributed by atoms with E-state index >= 15 is 0 Å². The molecule has 0 unspecified atom stereocenters. The molecule has 0 bridgehead atoms. The van der Waals surface area contributed by atoms with E-state index in [1.165, 1.54) is 0 Å². The number of amides is 1. The minimum atomic E-state index is -0.0421. The van der Waals surface area contributed by atoms with Crippen molar-refractivity contribution in [2.24, 2.45) is 0 Å². The van der Waals surface area contributed by atoms with E-state index in [1.807, 2.05) is 32.8 Å². The van der Waals surface area contributed by atoms with Crippen LogP contribution in [0, 0.1) is 6.92 Å². The third-order valence-electron chi connectivity index (χ3n) is 2.74. The Morgan fingerprint density at radius 1 is 1.33 bits per heavy atom. The summed E-state index contributed by atoms with van der Waals surface area (Å²) in [7, 11) is 5.31. The van der Waals surface area contributed by atoms with Crippen molar-refractivity contribution in [3.63, 3.8) is 0 Å². The summed E-state index contributed by atoms with van der Waals surface area (Å²) in [5, 5.41) is 5.66. The van der Waals surface area contributed by atoms with Crippen LogP contribution in [0.3, 0.4) is 0 Å². The molecular formula is C12H21N5O. The number of likely N-dealkylation sites (N-methyl/N-ethyl adjacent to an activating group) is 2. The first kappa shape index (κ1) is 14.2. The Balaban J connectivity index is 3.09. The lowest BCUT2D eigenvalue weighted by Gasteiger charge is -2.21. The average Bonchev–Trinajstić information content (AvgIpc) is 2.38. The van der Waals surface area contributed by atoms with E-state index in [-0.39, 0.29) is 12.5 Å². The van der Waals surface area contributed by atoms with Gasteiger partial charge >= 0.3 is 0 Å². The number of aryl methyl sites for hydroxylation is 1. The SMILES string of the molecule is CCc1nc(NC)c(C)c(N(C)CC(=O)NC)n1. The monoisotopic (exact) mass is 251 g/mol. The van der Waals surface area contributed by atoms with Crippen LogP contribution in [0.5, 0.6) is 0 Å². The van der Waals surface area contributed by atoms with Gasteiger partial charge in [0.2, 0.25) is 5.91 Å². The molecule has 0 atom stereocenters. The molecule has 6 heteroatoms. The highest BCUT2D eigenvalue weighted by Gasteiger charge is 2.14. The Labute approximate surface area is 108 Å². The summed E-state index contributed by atoms with van der Waals surface area (Å²) in [5.41, 5.74) is 0.945. The van der Waals surface area contributed by atoms with Gasteiger partial charge in [-0.1, -0.05) is 6.92 Å². The molecule has 0 aliphatic rings. The van der Waals surface area contributed by atoms with Crippen LogP contribution in [0.25, 0.3) is 0 Å². The molecule has 1 rings (SSSR count). The fourth-order valence-electron chi connectivity index (χ4n) is 1.69. The van der Waals surface area contributed by atoms with E-state index in [2.05, 4.69) is 20.6 Å². The van der Waals surface area contributed by atoms with Crippen LogP contribution in [0.1, 0.15) is 18.3 Å². The van der Waals surface area contributed by atoms with E-state index in [0.717, 1.165) is 29.4 Å². The number of nitrogens with zero attached hydrogens (tertiary/aromatic N) is 3. The standard InChI is InChI=1S/C12H21N5O/c1-6-9-15-11(14-4)8(2)12(16-9)17(5)7-10(18)13-3/h6-7H2,1-5H3,(H,13,18)(H,14,15,16). The Hall–Kier alpha value is -1.85. The van der Waals surface area contributed by atoms with E-state index in [0.29, 0.717) is 0 Å². The molecule has 0 spiro atoms. The van der Waals surface area contributed by atoms with Gasteiger partial charge in [-0.15, -0.1) is 0 Å². The van der Waals surface area contributed by atoms with Gasteiger partial charge in [-0.05, 0) is 6.92 Å². The molecule has 0 fully saturated rings. The minimum Gasteiger partial charge on any atom is -0.373 e. The molecule has 1 aromatic rings. The summed E-state index contributed by atoms with van der Waals surface area (Å²) in [6, 6.07) is 0. The van der Waals surface area contributed by atoms with Gasteiger partial charge in [0.1, 0.15) is 17.5 Å². The zero-order valence-electron chi connectivity index (χ0n) is 11.7. The van der Waals surface area contributed by atoms with Gasteiger partial charge in [0.15, 0.2) is 0 Å². The van der Waals surface area contributed by atoms with Gasteiger partial charge in [0.05, 0.1) is 6.54 Å². The van der Waals surface area contributed by atoms with Crippen LogP contribution in [0.15, 0.2) is 0 Å². The van der Waals surface area contributed by atoms with Crippen LogP contribution >= 0.6 is 0 Å². The number of aromatic nitrogens is 2. The Kier molecular flexibility index (Phi) is 4.88. The van der Waals surface area contributed by atoms with Crippen LogP contribution < -0.4 is 15.5 Å². The molecule has 1 heterocycles. The smallest absolute Gasteiger partial charge is 0.239 e. The number of hydrogen-bond donors (Lipinski definition) is 2. The fraction of sp³-hybridized carbons (Fsp3) is 0.583. The van der Waals surface area contributed by atoms with Crippen molar-refractivity contribution in [2.75, 3.05) is 37.9 Å². The second kappa shape index (κ2) is 6.18. The topological polar surface area (TPSA) is 70.2 Å². The summed E-state index contributed by atoms with van der Waals surface area (Å²) < 4.78 is 0. The first-order valence-electron chi connectivity index (χ1n) is 6.00. The molecule has 0 aliphatic carbocycles. The van der Waals surface area contributed by atoms with E-state index in [1.54, 1.807) is 7.05 Å². The molecule has 1 amide bonds.